The summed E-state index contributed by atoms with van der Waals surface area (Å²) in [5.74, 6) is -0.410. The molecule has 0 saturated heterocycles. The maximum absolute atomic E-state index is 13.3. The van der Waals surface area contributed by atoms with Crippen molar-refractivity contribution in [1.82, 2.24) is 4.98 Å². The summed E-state index contributed by atoms with van der Waals surface area (Å²) in [5, 5.41) is 0.000173. The number of fused-ring (bicyclic) bond motifs is 1. The summed E-state index contributed by atoms with van der Waals surface area (Å²) in [4.78, 5) is 3.02. The Morgan fingerprint density at radius 3 is 2.33 bits per heavy atom. The highest BCUT2D eigenvalue weighted by Gasteiger charge is 2.34. The smallest absolute Gasteiger partial charge is 0.406 e. The Morgan fingerprint density at radius 2 is 1.70 bits per heavy atom. The highest BCUT2D eigenvalue weighted by Crippen LogP contribution is 2.40. The molecule has 0 aliphatic rings. The van der Waals surface area contributed by atoms with Crippen molar-refractivity contribution in [1.29, 1.82) is 0 Å². The molecule has 10 heteroatoms. The lowest BCUT2D eigenvalue weighted by Gasteiger charge is -2.12. The van der Waals surface area contributed by atoms with Gasteiger partial charge in [-0.3, -0.25) is 0 Å². The van der Waals surface area contributed by atoms with Gasteiger partial charge in [-0.25, -0.2) is 0 Å². The molecule has 162 valence electrons. The van der Waals surface area contributed by atoms with Gasteiger partial charge in [-0.15, -0.1) is 13.2 Å². The van der Waals surface area contributed by atoms with Crippen LogP contribution in [0.15, 0.2) is 36.4 Å². The van der Waals surface area contributed by atoms with Crippen LogP contribution >= 0.6 is 11.6 Å². The number of ether oxygens (including phenoxy) is 1. The Hall–Kier alpha value is -2.39. The molecule has 1 heterocycles. The summed E-state index contributed by atoms with van der Waals surface area (Å²) >= 11 is 5.70. The first-order valence-electron chi connectivity index (χ1n) is 8.97. The van der Waals surface area contributed by atoms with Gasteiger partial charge in [0.25, 0.3) is 0 Å². The third kappa shape index (κ3) is 5.02. The topological polar surface area (TPSA) is 51.0 Å². The van der Waals surface area contributed by atoms with Crippen LogP contribution < -0.4 is 10.5 Å². The van der Waals surface area contributed by atoms with Gasteiger partial charge in [-0.1, -0.05) is 17.7 Å². The van der Waals surface area contributed by atoms with Crippen LogP contribution in [0.4, 0.5) is 26.3 Å². The summed E-state index contributed by atoms with van der Waals surface area (Å²) in [7, 11) is 0. The average molecular weight is 451 g/mol. The minimum Gasteiger partial charge on any atom is -0.406 e. The molecule has 0 amide bonds. The van der Waals surface area contributed by atoms with Crippen LogP contribution in [0.2, 0.25) is 5.02 Å². The normalized spacial score (nSPS) is 12.5. The van der Waals surface area contributed by atoms with Crippen molar-refractivity contribution >= 4 is 22.5 Å². The van der Waals surface area contributed by atoms with Crippen molar-refractivity contribution in [2.75, 3.05) is 6.54 Å². The maximum atomic E-state index is 13.3. The number of H-pyrrole nitrogens is 1. The fourth-order valence-electron chi connectivity index (χ4n) is 3.27. The molecule has 0 atom stereocenters. The highest BCUT2D eigenvalue weighted by atomic mass is 35.5. The Kier molecular flexibility index (Phi) is 6.24. The molecular formula is C20H17ClF6N2O. The number of unbranched alkanes of at least 4 members (excludes halogenated alkanes) is 1. The van der Waals surface area contributed by atoms with E-state index in [9.17, 15) is 26.3 Å². The molecule has 0 fully saturated rings. The van der Waals surface area contributed by atoms with E-state index in [-0.39, 0.29) is 5.56 Å². The van der Waals surface area contributed by atoms with E-state index in [1.165, 1.54) is 18.2 Å². The minimum absolute atomic E-state index is 0.226. The van der Waals surface area contributed by atoms with Crippen LogP contribution in [0.3, 0.4) is 0 Å². The third-order valence-electron chi connectivity index (χ3n) is 4.55. The summed E-state index contributed by atoms with van der Waals surface area (Å²) in [5.41, 5.74) is 6.19. The molecule has 3 nitrogen and oxygen atoms in total. The zero-order valence-corrected chi connectivity index (χ0v) is 16.2. The number of halogens is 7. The van der Waals surface area contributed by atoms with Gasteiger partial charge in [-0.2, -0.15) is 13.2 Å². The number of alkyl halides is 6. The molecule has 0 aliphatic heterocycles. The Morgan fingerprint density at radius 1 is 0.967 bits per heavy atom. The monoisotopic (exact) mass is 450 g/mol. The van der Waals surface area contributed by atoms with E-state index in [0.717, 1.165) is 18.2 Å². The largest absolute Gasteiger partial charge is 0.573 e. The van der Waals surface area contributed by atoms with Crippen LogP contribution in [0.5, 0.6) is 5.75 Å². The first kappa shape index (κ1) is 22.3. The molecule has 0 radical (unpaired) electrons. The Bertz CT molecular complexity index is 1040. The fraction of sp³-hybridized carbons (Fsp3) is 0.300. The third-order valence-corrected chi connectivity index (χ3v) is 4.88. The molecule has 3 N–H and O–H groups in total. The van der Waals surface area contributed by atoms with Gasteiger partial charge in [0.1, 0.15) is 5.75 Å². The molecule has 2 aromatic carbocycles. The molecule has 0 unspecified atom stereocenters. The first-order chi connectivity index (χ1) is 14.0. The average Bonchev–Trinajstić information content (AvgIpc) is 2.98. The number of aromatic nitrogens is 1. The van der Waals surface area contributed by atoms with Gasteiger partial charge in [0.15, 0.2) is 0 Å². The van der Waals surface area contributed by atoms with E-state index in [1.807, 2.05) is 0 Å². The van der Waals surface area contributed by atoms with E-state index in [2.05, 4.69) is 9.72 Å². The molecule has 3 aromatic rings. The standard InChI is InChI=1S/C20H17ClF6N2O/c21-16-6-4-11(9-15(16)19(22,23)24)18-13(3-1-2-8-28)14-10-12(30-20(25,26)27)5-7-17(14)29-18/h4-7,9-10,29H,1-3,8,28H2. The Balaban J connectivity index is 2.15. The van der Waals surface area contributed by atoms with E-state index in [0.29, 0.717) is 48.0 Å². The molecule has 0 aliphatic carbocycles. The van der Waals surface area contributed by atoms with E-state index < -0.39 is 28.9 Å². The Labute approximate surface area is 172 Å². The summed E-state index contributed by atoms with van der Waals surface area (Å²) in [6, 6.07) is 7.26. The molecule has 30 heavy (non-hydrogen) atoms. The zero-order valence-electron chi connectivity index (χ0n) is 15.4. The van der Waals surface area contributed by atoms with Crippen molar-refractivity contribution in [2.45, 2.75) is 31.8 Å². The second-order valence-electron chi connectivity index (χ2n) is 6.67. The van der Waals surface area contributed by atoms with Crippen molar-refractivity contribution in [3.05, 3.63) is 52.5 Å². The molecule has 0 bridgehead atoms. The van der Waals surface area contributed by atoms with Crippen molar-refractivity contribution < 1.29 is 31.1 Å². The summed E-state index contributed by atoms with van der Waals surface area (Å²) in [6.07, 6.45) is -7.83. The van der Waals surface area contributed by atoms with Gasteiger partial charge in [0.2, 0.25) is 0 Å². The second kappa shape index (κ2) is 8.39. The van der Waals surface area contributed by atoms with E-state index >= 15 is 0 Å². The van der Waals surface area contributed by atoms with Gasteiger partial charge < -0.3 is 15.5 Å². The maximum Gasteiger partial charge on any atom is 0.573 e. The minimum atomic E-state index is -4.86. The lowest BCUT2D eigenvalue weighted by Crippen LogP contribution is -2.16. The van der Waals surface area contributed by atoms with Gasteiger partial charge >= 0.3 is 12.5 Å². The number of nitrogens with two attached hydrogens (primary N) is 1. The summed E-state index contributed by atoms with van der Waals surface area (Å²) in [6.45, 7) is 0.416. The van der Waals surface area contributed by atoms with Gasteiger partial charge in [0.05, 0.1) is 10.6 Å². The van der Waals surface area contributed by atoms with E-state index in [1.54, 1.807) is 0 Å². The fourth-order valence-corrected chi connectivity index (χ4v) is 3.50. The van der Waals surface area contributed by atoms with Crippen molar-refractivity contribution in [2.24, 2.45) is 5.73 Å². The molecule has 0 spiro atoms. The number of benzene rings is 2. The first-order valence-corrected chi connectivity index (χ1v) is 9.35. The van der Waals surface area contributed by atoms with Crippen molar-refractivity contribution in [3.63, 3.8) is 0 Å². The lowest BCUT2D eigenvalue weighted by atomic mass is 9.99. The number of hydrogen-bond donors (Lipinski definition) is 2. The number of nitrogens with one attached hydrogen (secondary N) is 1. The second-order valence-corrected chi connectivity index (χ2v) is 7.08. The van der Waals surface area contributed by atoms with Crippen LogP contribution in [0.1, 0.15) is 24.0 Å². The quantitative estimate of drug-likeness (QED) is 0.325. The zero-order chi connectivity index (χ0) is 22.1. The molecule has 1 aromatic heterocycles. The van der Waals surface area contributed by atoms with Crippen LogP contribution in [-0.2, 0) is 12.6 Å². The van der Waals surface area contributed by atoms with Crippen LogP contribution in [-0.4, -0.2) is 17.9 Å². The van der Waals surface area contributed by atoms with Gasteiger partial charge in [0, 0.05) is 16.6 Å². The molecule has 3 rings (SSSR count). The number of aryl methyl sites for hydroxylation is 1. The highest BCUT2D eigenvalue weighted by molar-refractivity contribution is 6.31. The van der Waals surface area contributed by atoms with E-state index in [4.69, 9.17) is 17.3 Å². The van der Waals surface area contributed by atoms with Crippen LogP contribution in [0, 0.1) is 0 Å². The molecular weight excluding hydrogens is 434 g/mol. The number of aromatic amines is 1. The SMILES string of the molecule is NCCCCc1c(-c2ccc(Cl)c(C(F)(F)F)c2)[nH]c2ccc(OC(F)(F)F)cc12. The number of hydrogen-bond acceptors (Lipinski definition) is 2. The van der Waals surface area contributed by atoms with Gasteiger partial charge in [-0.05, 0) is 67.3 Å². The predicted octanol–water partition coefficient (Wildman–Crippen LogP) is 6.69. The van der Waals surface area contributed by atoms with Crippen LogP contribution in [0.25, 0.3) is 22.2 Å². The lowest BCUT2D eigenvalue weighted by molar-refractivity contribution is -0.274. The summed E-state index contributed by atoms with van der Waals surface area (Å²) < 4.78 is 81.6. The predicted molar refractivity (Wildman–Crippen MR) is 102 cm³/mol. The molecule has 0 saturated carbocycles. The number of rotatable bonds is 6. The van der Waals surface area contributed by atoms with Crippen molar-refractivity contribution in [3.8, 4) is 17.0 Å².